The number of likely N-dealkylation sites (tertiary alicyclic amines) is 1. The van der Waals surface area contributed by atoms with Gasteiger partial charge in [0.25, 0.3) is 0 Å². The average Bonchev–Trinajstić information content (AvgIpc) is 3.02. The third-order valence-electron chi connectivity index (χ3n) is 5.72. The second-order valence-corrected chi connectivity index (χ2v) is 8.34. The van der Waals surface area contributed by atoms with Crippen LogP contribution in [0.3, 0.4) is 0 Å². The van der Waals surface area contributed by atoms with E-state index < -0.39 is 0 Å². The zero-order chi connectivity index (χ0) is 13.7. The molecule has 2 saturated heterocycles. The van der Waals surface area contributed by atoms with Gasteiger partial charge >= 0.3 is 0 Å². The lowest BCUT2D eigenvalue weighted by Crippen LogP contribution is -2.57. The summed E-state index contributed by atoms with van der Waals surface area (Å²) in [6.07, 6.45) is 13.0. The van der Waals surface area contributed by atoms with Crippen molar-refractivity contribution in [3.63, 3.8) is 0 Å². The van der Waals surface area contributed by atoms with E-state index in [1.54, 1.807) is 0 Å². The number of thioether (sulfide) groups is 1. The first-order chi connectivity index (χ1) is 9.89. The molecule has 0 spiro atoms. The molecule has 0 amide bonds. The van der Waals surface area contributed by atoms with E-state index in [4.69, 9.17) is 0 Å². The smallest absolute Gasteiger partial charge is 0.0333 e. The van der Waals surface area contributed by atoms with Crippen molar-refractivity contribution < 1.29 is 0 Å². The van der Waals surface area contributed by atoms with Gasteiger partial charge in [-0.3, -0.25) is 4.90 Å². The zero-order valence-corrected chi connectivity index (χ0v) is 13.9. The second-order valence-electron chi connectivity index (χ2n) is 7.19. The van der Waals surface area contributed by atoms with Gasteiger partial charge in [0.15, 0.2) is 0 Å². The van der Waals surface area contributed by atoms with Crippen molar-refractivity contribution >= 4 is 11.8 Å². The highest BCUT2D eigenvalue weighted by Gasteiger charge is 2.38. The number of nitrogens with zero attached hydrogens (tertiary/aromatic N) is 1. The van der Waals surface area contributed by atoms with Crippen LogP contribution in [0.2, 0.25) is 0 Å². The Kier molecular flexibility index (Phi) is 5.70. The summed E-state index contributed by atoms with van der Waals surface area (Å²) in [5, 5.41) is 3.88. The fourth-order valence-electron chi connectivity index (χ4n) is 4.44. The van der Waals surface area contributed by atoms with Gasteiger partial charge in [-0.25, -0.2) is 0 Å². The molecule has 1 N–H and O–H groups in total. The quantitative estimate of drug-likeness (QED) is 0.835. The van der Waals surface area contributed by atoms with Gasteiger partial charge in [0.05, 0.1) is 0 Å². The van der Waals surface area contributed by atoms with E-state index in [1.165, 1.54) is 95.5 Å². The van der Waals surface area contributed by atoms with Crippen molar-refractivity contribution in [2.24, 2.45) is 5.92 Å². The van der Waals surface area contributed by atoms with Crippen LogP contribution in [0.15, 0.2) is 0 Å². The molecule has 1 saturated carbocycles. The Labute approximate surface area is 129 Å². The maximum Gasteiger partial charge on any atom is 0.0333 e. The summed E-state index contributed by atoms with van der Waals surface area (Å²) >= 11 is 2.14. The van der Waals surface area contributed by atoms with E-state index in [0.717, 1.165) is 5.92 Å². The third kappa shape index (κ3) is 3.72. The fourth-order valence-corrected chi connectivity index (χ4v) is 5.72. The van der Waals surface area contributed by atoms with Crippen LogP contribution in [0, 0.1) is 5.92 Å². The molecule has 0 radical (unpaired) electrons. The SMILES string of the molecule is C1CCN(C2(CNCC3CCSC3)CCCCC2)CC1. The minimum atomic E-state index is 0.518. The number of rotatable bonds is 5. The van der Waals surface area contributed by atoms with Gasteiger partial charge in [0, 0.05) is 12.1 Å². The topological polar surface area (TPSA) is 15.3 Å². The van der Waals surface area contributed by atoms with Gasteiger partial charge in [0.2, 0.25) is 0 Å². The lowest BCUT2D eigenvalue weighted by Gasteiger charge is -2.48. The standard InChI is InChI=1S/C17H32N2S/c1-3-8-17(9-4-1,19-10-5-2-6-11-19)15-18-13-16-7-12-20-14-16/h16,18H,1-15H2. The van der Waals surface area contributed by atoms with Gasteiger partial charge in [-0.05, 0) is 69.2 Å². The van der Waals surface area contributed by atoms with Crippen molar-refractivity contribution in [1.82, 2.24) is 10.2 Å². The highest BCUT2D eigenvalue weighted by Crippen LogP contribution is 2.35. The first-order valence-electron chi connectivity index (χ1n) is 8.93. The van der Waals surface area contributed by atoms with Crippen LogP contribution in [-0.4, -0.2) is 48.1 Å². The van der Waals surface area contributed by atoms with Crippen LogP contribution in [0.25, 0.3) is 0 Å². The Morgan fingerprint density at radius 1 is 1.00 bits per heavy atom. The zero-order valence-electron chi connectivity index (χ0n) is 13.0. The van der Waals surface area contributed by atoms with E-state index >= 15 is 0 Å². The molecule has 1 aliphatic carbocycles. The van der Waals surface area contributed by atoms with Gasteiger partial charge in [-0.1, -0.05) is 25.7 Å². The molecule has 3 fully saturated rings. The molecule has 3 heteroatoms. The molecule has 3 rings (SSSR count). The van der Waals surface area contributed by atoms with Crippen LogP contribution >= 0.6 is 11.8 Å². The van der Waals surface area contributed by atoms with Crippen molar-refractivity contribution in [1.29, 1.82) is 0 Å². The Morgan fingerprint density at radius 2 is 1.75 bits per heavy atom. The van der Waals surface area contributed by atoms with E-state index in [9.17, 15) is 0 Å². The Bertz CT molecular complexity index is 277. The van der Waals surface area contributed by atoms with E-state index in [-0.39, 0.29) is 0 Å². The molecule has 3 aliphatic rings. The largest absolute Gasteiger partial charge is 0.315 e. The van der Waals surface area contributed by atoms with Crippen molar-refractivity contribution in [3.05, 3.63) is 0 Å². The highest BCUT2D eigenvalue weighted by atomic mass is 32.2. The first kappa shape index (κ1) is 15.2. The molecule has 0 aromatic heterocycles. The molecular formula is C17H32N2S. The van der Waals surface area contributed by atoms with E-state index in [2.05, 4.69) is 22.0 Å². The van der Waals surface area contributed by atoms with Crippen molar-refractivity contribution in [3.8, 4) is 0 Å². The predicted molar refractivity (Wildman–Crippen MR) is 89.5 cm³/mol. The summed E-state index contributed by atoms with van der Waals surface area (Å²) in [5.41, 5.74) is 0.518. The molecule has 2 aliphatic heterocycles. The maximum atomic E-state index is 3.88. The summed E-state index contributed by atoms with van der Waals surface area (Å²) in [6.45, 7) is 5.25. The maximum absolute atomic E-state index is 3.88. The minimum Gasteiger partial charge on any atom is -0.315 e. The predicted octanol–water partition coefficient (Wildman–Crippen LogP) is 3.52. The van der Waals surface area contributed by atoms with Crippen LogP contribution in [0.4, 0.5) is 0 Å². The average molecular weight is 297 g/mol. The van der Waals surface area contributed by atoms with Gasteiger partial charge in [0.1, 0.15) is 0 Å². The molecule has 0 aromatic rings. The summed E-state index contributed by atoms with van der Waals surface area (Å²) < 4.78 is 0. The summed E-state index contributed by atoms with van der Waals surface area (Å²) in [7, 11) is 0. The van der Waals surface area contributed by atoms with E-state index in [1.807, 2.05) is 0 Å². The number of nitrogens with one attached hydrogen (secondary N) is 1. The lowest BCUT2D eigenvalue weighted by atomic mass is 9.79. The molecule has 1 unspecified atom stereocenters. The molecule has 20 heavy (non-hydrogen) atoms. The van der Waals surface area contributed by atoms with E-state index in [0.29, 0.717) is 5.54 Å². The highest BCUT2D eigenvalue weighted by molar-refractivity contribution is 7.99. The van der Waals surface area contributed by atoms with Crippen molar-refractivity contribution in [2.45, 2.75) is 63.3 Å². The molecule has 116 valence electrons. The molecule has 2 nitrogen and oxygen atoms in total. The number of hydrogen-bond donors (Lipinski definition) is 1. The Hall–Kier alpha value is 0.270. The van der Waals surface area contributed by atoms with Crippen molar-refractivity contribution in [2.75, 3.05) is 37.7 Å². The Balaban J connectivity index is 1.53. The second kappa shape index (κ2) is 7.51. The molecule has 1 atom stereocenters. The molecular weight excluding hydrogens is 264 g/mol. The lowest BCUT2D eigenvalue weighted by molar-refractivity contribution is 0.0331. The Morgan fingerprint density at radius 3 is 2.45 bits per heavy atom. The minimum absolute atomic E-state index is 0.518. The van der Waals surface area contributed by atoms with Crippen LogP contribution in [0.1, 0.15) is 57.8 Å². The van der Waals surface area contributed by atoms with Crippen LogP contribution < -0.4 is 5.32 Å². The van der Waals surface area contributed by atoms with Gasteiger partial charge in [-0.2, -0.15) is 11.8 Å². The number of hydrogen-bond acceptors (Lipinski definition) is 3. The molecule has 0 bridgehead atoms. The number of piperidine rings is 1. The summed E-state index contributed by atoms with van der Waals surface area (Å²) in [6, 6.07) is 0. The van der Waals surface area contributed by atoms with Crippen LogP contribution in [0.5, 0.6) is 0 Å². The molecule has 2 heterocycles. The summed E-state index contributed by atoms with van der Waals surface area (Å²) in [4.78, 5) is 2.87. The van der Waals surface area contributed by atoms with Crippen LogP contribution in [-0.2, 0) is 0 Å². The monoisotopic (exact) mass is 296 g/mol. The normalized spacial score (nSPS) is 31.5. The molecule has 0 aromatic carbocycles. The first-order valence-corrected chi connectivity index (χ1v) is 10.1. The fraction of sp³-hybridized carbons (Fsp3) is 1.00. The van der Waals surface area contributed by atoms with Gasteiger partial charge in [-0.15, -0.1) is 0 Å². The van der Waals surface area contributed by atoms with Gasteiger partial charge < -0.3 is 5.32 Å². The summed E-state index contributed by atoms with van der Waals surface area (Å²) in [5.74, 6) is 3.73. The third-order valence-corrected chi connectivity index (χ3v) is 6.95.